The molecule has 1 amide bonds. The summed E-state index contributed by atoms with van der Waals surface area (Å²) in [4.78, 5) is 14.2. The highest BCUT2D eigenvalue weighted by molar-refractivity contribution is 9.10. The molecule has 1 aromatic heterocycles. The van der Waals surface area contributed by atoms with E-state index >= 15 is 0 Å². The lowest BCUT2D eigenvalue weighted by atomic mass is 10.4. The molecule has 0 unspecified atom stereocenters. The van der Waals surface area contributed by atoms with E-state index in [0.29, 0.717) is 5.75 Å². The second-order valence-corrected chi connectivity index (χ2v) is 4.38. The highest BCUT2D eigenvalue weighted by Gasteiger charge is 2.08. The third-order valence-electron chi connectivity index (χ3n) is 1.63. The van der Waals surface area contributed by atoms with Crippen LogP contribution in [0.5, 0.6) is 5.75 Å². The number of carbonyl (C=O) groups is 1. The molecule has 0 spiro atoms. The summed E-state index contributed by atoms with van der Waals surface area (Å²) in [5, 5.41) is 11.0. The molecular weight excluding hydrogens is 299 g/mol. The fraction of sp³-hybridized carbons (Fsp3) is 0.333. The zero-order chi connectivity index (χ0) is 12.1. The molecule has 2 N–H and O–H groups in total. The first kappa shape index (κ1) is 13.1. The minimum absolute atomic E-state index is 0.185. The normalized spacial score (nSPS) is 11.9. The SMILES string of the molecule is C[C@H](COc1cc(Br)cnc1Cl)NC(=O)O. The van der Waals surface area contributed by atoms with Crippen molar-refractivity contribution in [1.82, 2.24) is 10.3 Å². The van der Waals surface area contributed by atoms with Crippen LogP contribution >= 0.6 is 27.5 Å². The van der Waals surface area contributed by atoms with Crippen molar-refractivity contribution in [2.45, 2.75) is 13.0 Å². The summed E-state index contributed by atoms with van der Waals surface area (Å²) in [6.07, 6.45) is 0.461. The molecule has 1 atom stereocenters. The lowest BCUT2D eigenvalue weighted by molar-refractivity contribution is 0.183. The largest absolute Gasteiger partial charge is 0.488 e. The molecular formula is C9H10BrClN2O3. The minimum Gasteiger partial charge on any atom is -0.488 e. The summed E-state index contributed by atoms with van der Waals surface area (Å²) in [7, 11) is 0. The zero-order valence-corrected chi connectivity index (χ0v) is 10.7. The van der Waals surface area contributed by atoms with Crippen LogP contribution in [-0.2, 0) is 0 Å². The van der Waals surface area contributed by atoms with E-state index in [1.165, 1.54) is 0 Å². The number of amides is 1. The van der Waals surface area contributed by atoms with E-state index in [1.54, 1.807) is 19.2 Å². The standard InChI is InChI=1S/C9H10BrClN2O3/c1-5(13-9(14)15)4-16-7-2-6(10)3-12-8(7)11/h2-3,5,13H,4H2,1H3,(H,14,15)/t5-/m1/s1. The average Bonchev–Trinajstić information content (AvgIpc) is 2.18. The third kappa shape index (κ3) is 4.24. The number of pyridine rings is 1. The lowest BCUT2D eigenvalue weighted by Gasteiger charge is -2.13. The van der Waals surface area contributed by atoms with Gasteiger partial charge in [-0.25, -0.2) is 9.78 Å². The number of halogens is 2. The van der Waals surface area contributed by atoms with Gasteiger partial charge in [0, 0.05) is 10.7 Å². The molecule has 1 aromatic rings. The quantitative estimate of drug-likeness (QED) is 0.838. The van der Waals surface area contributed by atoms with Crippen molar-refractivity contribution in [3.8, 4) is 5.75 Å². The summed E-state index contributed by atoms with van der Waals surface area (Å²) >= 11 is 9.02. The second-order valence-electron chi connectivity index (χ2n) is 3.10. The Hall–Kier alpha value is -1.01. The summed E-state index contributed by atoms with van der Waals surface area (Å²) in [5.41, 5.74) is 0. The van der Waals surface area contributed by atoms with Gasteiger partial charge in [-0.1, -0.05) is 11.6 Å². The van der Waals surface area contributed by atoms with Crippen molar-refractivity contribution in [1.29, 1.82) is 0 Å². The Morgan fingerprint density at radius 1 is 1.81 bits per heavy atom. The number of ether oxygens (including phenoxy) is 1. The first-order valence-corrected chi connectivity index (χ1v) is 5.59. The average molecular weight is 310 g/mol. The minimum atomic E-state index is -1.09. The van der Waals surface area contributed by atoms with Crippen LogP contribution in [0.2, 0.25) is 5.15 Å². The van der Waals surface area contributed by atoms with Crippen LogP contribution in [0.1, 0.15) is 6.92 Å². The van der Waals surface area contributed by atoms with Gasteiger partial charge in [-0.05, 0) is 28.9 Å². The lowest BCUT2D eigenvalue weighted by Crippen LogP contribution is -2.35. The van der Waals surface area contributed by atoms with Crippen LogP contribution in [0.15, 0.2) is 16.7 Å². The molecule has 1 rings (SSSR count). The Labute approximate surface area is 106 Å². The molecule has 0 aliphatic carbocycles. The van der Waals surface area contributed by atoms with Gasteiger partial charge in [0.2, 0.25) is 0 Å². The van der Waals surface area contributed by atoms with Crippen molar-refractivity contribution in [2.75, 3.05) is 6.61 Å². The van der Waals surface area contributed by atoms with Gasteiger partial charge in [-0.3, -0.25) is 0 Å². The van der Waals surface area contributed by atoms with Crippen LogP contribution in [0.3, 0.4) is 0 Å². The van der Waals surface area contributed by atoms with Crippen molar-refractivity contribution >= 4 is 33.6 Å². The second kappa shape index (κ2) is 5.91. The number of aromatic nitrogens is 1. The van der Waals surface area contributed by atoms with Gasteiger partial charge >= 0.3 is 6.09 Å². The van der Waals surface area contributed by atoms with E-state index in [2.05, 4.69) is 26.2 Å². The summed E-state index contributed by atoms with van der Waals surface area (Å²) in [6.45, 7) is 1.87. The highest BCUT2D eigenvalue weighted by atomic mass is 79.9. The van der Waals surface area contributed by atoms with Crippen LogP contribution in [-0.4, -0.2) is 28.8 Å². The Bertz CT molecular complexity index is 389. The predicted molar refractivity (Wildman–Crippen MR) is 63.1 cm³/mol. The van der Waals surface area contributed by atoms with Gasteiger partial charge < -0.3 is 15.2 Å². The molecule has 88 valence electrons. The van der Waals surface area contributed by atoms with Crippen LogP contribution in [0.25, 0.3) is 0 Å². The van der Waals surface area contributed by atoms with Gasteiger partial charge in [-0.2, -0.15) is 0 Å². The number of carboxylic acid groups (broad SMARTS) is 1. The van der Waals surface area contributed by atoms with Gasteiger partial charge in [0.05, 0.1) is 6.04 Å². The zero-order valence-electron chi connectivity index (χ0n) is 8.41. The maximum absolute atomic E-state index is 10.3. The van der Waals surface area contributed by atoms with E-state index in [4.69, 9.17) is 21.4 Å². The monoisotopic (exact) mass is 308 g/mol. The summed E-state index contributed by atoms with van der Waals surface area (Å²) in [6, 6.07) is 1.34. The van der Waals surface area contributed by atoms with E-state index in [1.807, 2.05) is 0 Å². The molecule has 1 heterocycles. The van der Waals surface area contributed by atoms with Crippen LogP contribution in [0.4, 0.5) is 4.79 Å². The molecule has 0 fully saturated rings. The number of hydrogen-bond donors (Lipinski definition) is 2. The van der Waals surface area contributed by atoms with E-state index in [-0.39, 0.29) is 17.8 Å². The molecule has 0 radical (unpaired) electrons. The van der Waals surface area contributed by atoms with Crippen molar-refractivity contribution in [2.24, 2.45) is 0 Å². The fourth-order valence-corrected chi connectivity index (χ4v) is 1.44. The van der Waals surface area contributed by atoms with Gasteiger partial charge in [0.1, 0.15) is 6.61 Å². The van der Waals surface area contributed by atoms with Gasteiger partial charge in [0.25, 0.3) is 0 Å². The van der Waals surface area contributed by atoms with Gasteiger partial charge in [-0.15, -0.1) is 0 Å². The smallest absolute Gasteiger partial charge is 0.404 e. The Balaban J connectivity index is 2.54. The molecule has 0 saturated carbocycles. The molecule has 0 aliphatic heterocycles. The van der Waals surface area contributed by atoms with Crippen molar-refractivity contribution in [3.05, 3.63) is 21.9 Å². The molecule has 0 aromatic carbocycles. The maximum atomic E-state index is 10.3. The first-order valence-electron chi connectivity index (χ1n) is 4.42. The number of rotatable bonds is 4. The van der Waals surface area contributed by atoms with E-state index in [9.17, 15) is 4.79 Å². The van der Waals surface area contributed by atoms with E-state index < -0.39 is 6.09 Å². The molecule has 7 heteroatoms. The molecule has 0 bridgehead atoms. The molecule has 0 aliphatic rings. The number of hydrogen-bond acceptors (Lipinski definition) is 3. The molecule has 0 saturated heterocycles. The Morgan fingerprint density at radius 3 is 3.12 bits per heavy atom. The van der Waals surface area contributed by atoms with Gasteiger partial charge in [0.15, 0.2) is 10.9 Å². The first-order chi connectivity index (χ1) is 7.49. The number of nitrogens with one attached hydrogen (secondary N) is 1. The van der Waals surface area contributed by atoms with E-state index in [0.717, 1.165) is 4.47 Å². The topological polar surface area (TPSA) is 71.5 Å². The highest BCUT2D eigenvalue weighted by Crippen LogP contribution is 2.25. The Morgan fingerprint density at radius 2 is 2.50 bits per heavy atom. The summed E-state index contributed by atoms with van der Waals surface area (Å²) < 4.78 is 6.07. The van der Waals surface area contributed by atoms with Crippen LogP contribution in [0, 0.1) is 0 Å². The summed E-state index contributed by atoms with van der Waals surface area (Å²) in [5.74, 6) is 0.412. The predicted octanol–water partition coefficient (Wildman–Crippen LogP) is 2.53. The Kier molecular flexibility index (Phi) is 4.82. The molecule has 5 nitrogen and oxygen atoms in total. The van der Waals surface area contributed by atoms with Crippen molar-refractivity contribution < 1.29 is 14.6 Å². The fourth-order valence-electron chi connectivity index (χ4n) is 0.972. The third-order valence-corrected chi connectivity index (χ3v) is 2.35. The molecule has 16 heavy (non-hydrogen) atoms. The van der Waals surface area contributed by atoms with Crippen LogP contribution < -0.4 is 10.1 Å². The van der Waals surface area contributed by atoms with Crippen molar-refractivity contribution in [3.63, 3.8) is 0 Å². The number of nitrogens with zero attached hydrogens (tertiary/aromatic N) is 1. The maximum Gasteiger partial charge on any atom is 0.404 e.